The Morgan fingerprint density at radius 1 is 0.968 bits per heavy atom. The number of fused-ring (bicyclic) bond motifs is 5. The molecule has 5 rings (SSSR count). The quantitative estimate of drug-likeness (QED) is 0.542. The lowest BCUT2D eigenvalue weighted by Gasteiger charge is -2.36. The third kappa shape index (κ3) is 3.30. The Kier molecular flexibility index (Phi) is 4.60. The maximum absolute atomic E-state index is 13.0. The summed E-state index contributed by atoms with van der Waals surface area (Å²) in [5.74, 6) is -1.25. The number of anilines is 1. The van der Waals surface area contributed by atoms with Gasteiger partial charge >= 0.3 is 6.18 Å². The van der Waals surface area contributed by atoms with E-state index in [1.54, 1.807) is 15.9 Å². The topological polar surface area (TPSA) is 60.9 Å². The number of nitrogens with zero attached hydrogens (tertiary/aromatic N) is 3. The predicted molar refractivity (Wildman–Crippen MR) is 105 cm³/mol. The van der Waals surface area contributed by atoms with Crippen LogP contribution in [0, 0.1) is 23.7 Å². The van der Waals surface area contributed by atoms with Crippen LogP contribution in [0.15, 0.2) is 36.4 Å². The zero-order chi connectivity index (χ0) is 21.9. The first-order valence-corrected chi connectivity index (χ1v) is 10.5. The molecule has 2 aliphatic carbocycles. The number of hydrogen-bond acceptors (Lipinski definition) is 4. The van der Waals surface area contributed by atoms with Crippen molar-refractivity contribution < 1.29 is 27.6 Å². The molecule has 2 bridgehead atoms. The Balaban J connectivity index is 1.20. The number of halogens is 3. The minimum atomic E-state index is -4.41. The van der Waals surface area contributed by atoms with Crippen LogP contribution in [0.5, 0.6) is 0 Å². The summed E-state index contributed by atoms with van der Waals surface area (Å²) in [6.45, 7) is 1.16. The van der Waals surface area contributed by atoms with Crippen molar-refractivity contribution in [1.82, 2.24) is 9.80 Å². The van der Waals surface area contributed by atoms with Crippen molar-refractivity contribution >= 4 is 23.4 Å². The molecule has 4 aliphatic rings. The molecule has 0 radical (unpaired) electrons. The summed E-state index contributed by atoms with van der Waals surface area (Å²) in [6, 6.07) is 5.14. The van der Waals surface area contributed by atoms with Gasteiger partial charge in [0.25, 0.3) is 0 Å². The summed E-state index contributed by atoms with van der Waals surface area (Å²) in [5.41, 5.74) is -0.244. The molecule has 4 atom stereocenters. The lowest BCUT2D eigenvalue weighted by molar-refractivity contribution is -0.147. The van der Waals surface area contributed by atoms with Gasteiger partial charge in [-0.05, 0) is 36.5 Å². The summed E-state index contributed by atoms with van der Waals surface area (Å²) >= 11 is 0. The Morgan fingerprint density at radius 3 is 2.16 bits per heavy atom. The molecule has 1 aromatic carbocycles. The van der Waals surface area contributed by atoms with Gasteiger partial charge in [-0.1, -0.05) is 18.2 Å². The van der Waals surface area contributed by atoms with Crippen LogP contribution in [0.3, 0.4) is 0 Å². The van der Waals surface area contributed by atoms with Crippen molar-refractivity contribution in [3.63, 3.8) is 0 Å². The zero-order valence-electron chi connectivity index (χ0n) is 16.7. The van der Waals surface area contributed by atoms with Crippen molar-refractivity contribution in [1.29, 1.82) is 0 Å². The first kappa shape index (κ1) is 20.1. The molecule has 0 spiro atoms. The summed E-state index contributed by atoms with van der Waals surface area (Å²) in [5, 5.41) is 0. The van der Waals surface area contributed by atoms with E-state index < -0.39 is 11.7 Å². The average Bonchev–Trinajstić information content (AvgIpc) is 3.43. The molecule has 9 heteroatoms. The van der Waals surface area contributed by atoms with Crippen molar-refractivity contribution in [2.45, 2.75) is 12.6 Å². The summed E-state index contributed by atoms with van der Waals surface area (Å²) in [6.07, 6.45) is 0.451. The van der Waals surface area contributed by atoms with Gasteiger partial charge in [-0.15, -0.1) is 0 Å². The lowest BCUT2D eigenvalue weighted by atomic mass is 9.85. The first-order chi connectivity index (χ1) is 14.7. The van der Waals surface area contributed by atoms with Crippen LogP contribution in [-0.2, 0) is 20.6 Å². The van der Waals surface area contributed by atoms with Crippen molar-refractivity contribution in [3.8, 4) is 0 Å². The number of benzene rings is 1. The molecule has 2 aliphatic heterocycles. The number of likely N-dealkylation sites (tertiary alicyclic amines) is 1. The van der Waals surface area contributed by atoms with Gasteiger partial charge in [0.15, 0.2) is 0 Å². The van der Waals surface area contributed by atoms with E-state index in [9.17, 15) is 27.6 Å². The van der Waals surface area contributed by atoms with Crippen LogP contribution in [-0.4, -0.2) is 60.2 Å². The third-order valence-corrected chi connectivity index (χ3v) is 7.03. The van der Waals surface area contributed by atoms with Crippen molar-refractivity contribution in [2.24, 2.45) is 23.7 Å². The number of carbonyl (C=O) groups excluding carboxylic acids is 3. The fourth-order valence-corrected chi connectivity index (χ4v) is 5.45. The second-order valence-corrected chi connectivity index (χ2v) is 8.68. The van der Waals surface area contributed by atoms with Crippen LogP contribution in [0.1, 0.15) is 12.0 Å². The molecule has 1 aromatic rings. The molecule has 0 aromatic heterocycles. The summed E-state index contributed by atoms with van der Waals surface area (Å²) < 4.78 is 38.9. The number of amides is 3. The highest BCUT2D eigenvalue weighted by molar-refractivity contribution is 6.08. The van der Waals surface area contributed by atoms with E-state index in [1.165, 1.54) is 6.07 Å². The smallest absolute Gasteiger partial charge is 0.368 e. The largest absolute Gasteiger partial charge is 0.416 e. The van der Waals surface area contributed by atoms with Gasteiger partial charge < -0.3 is 9.80 Å². The van der Waals surface area contributed by atoms with Crippen LogP contribution < -0.4 is 4.90 Å². The molecule has 2 heterocycles. The molecule has 6 nitrogen and oxygen atoms in total. The lowest BCUT2D eigenvalue weighted by Crippen LogP contribution is -2.52. The number of piperazine rings is 1. The maximum Gasteiger partial charge on any atom is 0.416 e. The first-order valence-electron chi connectivity index (χ1n) is 10.5. The highest BCUT2D eigenvalue weighted by Gasteiger charge is 2.59. The Morgan fingerprint density at radius 2 is 1.58 bits per heavy atom. The number of allylic oxidation sites excluding steroid dienone is 2. The number of hydrogen-bond donors (Lipinski definition) is 0. The molecule has 1 saturated carbocycles. The Bertz CT molecular complexity index is 938. The fraction of sp³-hybridized carbons (Fsp3) is 0.500. The van der Waals surface area contributed by atoms with Crippen LogP contribution in [0.25, 0.3) is 0 Å². The van der Waals surface area contributed by atoms with Crippen molar-refractivity contribution in [2.75, 3.05) is 37.6 Å². The highest BCUT2D eigenvalue weighted by Crippen LogP contribution is 2.52. The predicted octanol–water partition coefficient (Wildman–Crippen LogP) is 2.16. The van der Waals surface area contributed by atoms with Crippen LogP contribution in [0.2, 0.25) is 0 Å². The number of imide groups is 1. The summed E-state index contributed by atoms with van der Waals surface area (Å²) in [4.78, 5) is 42.8. The monoisotopic (exact) mass is 433 g/mol. The van der Waals surface area contributed by atoms with E-state index >= 15 is 0 Å². The second-order valence-electron chi connectivity index (χ2n) is 8.68. The van der Waals surface area contributed by atoms with Gasteiger partial charge in [-0.25, -0.2) is 0 Å². The molecule has 0 N–H and O–H groups in total. The van der Waals surface area contributed by atoms with Gasteiger partial charge in [0.05, 0.1) is 17.4 Å². The van der Waals surface area contributed by atoms with Crippen LogP contribution in [0.4, 0.5) is 18.9 Å². The molecule has 0 unspecified atom stereocenters. The fourth-order valence-electron chi connectivity index (χ4n) is 5.45. The SMILES string of the molecule is O=C(CN1C(=O)[C@@H]2[C@@H](C1=O)[C@H]1C=C[C@H]2C1)N1CCN(c2cccc(C(F)(F)F)c2)CC1. The van der Waals surface area contributed by atoms with Crippen LogP contribution >= 0.6 is 0 Å². The van der Waals surface area contributed by atoms with Gasteiger partial charge in [-0.3, -0.25) is 19.3 Å². The van der Waals surface area contributed by atoms with Gasteiger partial charge in [-0.2, -0.15) is 13.2 Å². The van der Waals surface area contributed by atoms with E-state index in [-0.39, 0.29) is 47.9 Å². The number of rotatable bonds is 3. The molecule has 3 amide bonds. The van der Waals surface area contributed by atoms with E-state index in [2.05, 4.69) is 0 Å². The summed E-state index contributed by atoms with van der Waals surface area (Å²) in [7, 11) is 0. The second kappa shape index (κ2) is 7.10. The molecular formula is C22H22F3N3O3. The van der Waals surface area contributed by atoms with Gasteiger partial charge in [0, 0.05) is 31.9 Å². The Labute approximate surface area is 177 Å². The molecule has 3 fully saturated rings. The standard InChI is InChI=1S/C22H22F3N3O3/c23-22(24,25)15-2-1-3-16(11-15)26-6-8-27(9-7-26)17(29)12-28-20(30)18-13-4-5-14(10-13)19(18)21(28)31/h1-5,11,13-14,18-19H,6-10,12H2/t13-,14-,18-,19-/m0/s1. The minimum Gasteiger partial charge on any atom is -0.368 e. The van der Waals surface area contributed by atoms with E-state index in [1.807, 2.05) is 12.2 Å². The highest BCUT2D eigenvalue weighted by atomic mass is 19.4. The molecule has 164 valence electrons. The molecular weight excluding hydrogens is 411 g/mol. The van der Waals surface area contributed by atoms with E-state index in [4.69, 9.17) is 0 Å². The molecule has 31 heavy (non-hydrogen) atoms. The average molecular weight is 433 g/mol. The van der Waals surface area contributed by atoms with Crippen molar-refractivity contribution in [3.05, 3.63) is 42.0 Å². The van der Waals surface area contributed by atoms with Gasteiger partial charge in [0.2, 0.25) is 17.7 Å². The normalized spacial score (nSPS) is 29.8. The van der Waals surface area contributed by atoms with E-state index in [0.717, 1.165) is 23.5 Å². The minimum absolute atomic E-state index is 0.0996. The van der Waals surface area contributed by atoms with Gasteiger partial charge in [0.1, 0.15) is 6.54 Å². The Hall–Kier alpha value is -2.84. The third-order valence-electron chi connectivity index (χ3n) is 7.03. The number of carbonyl (C=O) groups is 3. The zero-order valence-corrected chi connectivity index (χ0v) is 16.7. The van der Waals surface area contributed by atoms with E-state index in [0.29, 0.717) is 31.9 Å². The number of alkyl halides is 3. The maximum atomic E-state index is 13.0. The molecule has 2 saturated heterocycles.